The van der Waals surface area contributed by atoms with Gasteiger partial charge in [-0.3, -0.25) is 9.59 Å². The zero-order valence-electron chi connectivity index (χ0n) is 20.4. The second-order valence-electron chi connectivity index (χ2n) is 9.57. The van der Waals surface area contributed by atoms with Crippen molar-refractivity contribution >= 4 is 23.3 Å². The minimum atomic E-state index is -2.04. The number of ketones is 1. The molecule has 0 radical (unpaired) electrons. The maximum atomic E-state index is 13.5. The van der Waals surface area contributed by atoms with Crippen molar-refractivity contribution in [1.82, 2.24) is 0 Å². The molecule has 1 atom stereocenters. The van der Waals surface area contributed by atoms with Crippen molar-refractivity contribution in [2.45, 2.75) is 44.8 Å². The molecule has 3 aromatic rings. The third-order valence-corrected chi connectivity index (χ3v) is 6.28. The number of carbonyl (C=O) groups excluding carboxylic acids is 3. The van der Waals surface area contributed by atoms with E-state index in [0.29, 0.717) is 27.9 Å². The number of hydrogen-bond donors (Lipinski definition) is 2. The average Bonchev–Trinajstić information content (AvgIpc) is 3.23. The highest BCUT2D eigenvalue weighted by Crippen LogP contribution is 2.33. The molecule has 1 aliphatic heterocycles. The van der Waals surface area contributed by atoms with Gasteiger partial charge in [-0.15, -0.1) is 0 Å². The highest BCUT2D eigenvalue weighted by molar-refractivity contribution is 6.01. The SMILES string of the molecule is CC(=O)c1ccc(C#CC(O)(CC(C)(C)c2ccccc2)C(=O)Nc2ccc3c(c2)COC3=O)cc1. The van der Waals surface area contributed by atoms with Gasteiger partial charge in [0, 0.05) is 28.8 Å². The van der Waals surface area contributed by atoms with Gasteiger partial charge < -0.3 is 15.2 Å². The number of benzene rings is 3. The summed E-state index contributed by atoms with van der Waals surface area (Å²) in [4.78, 5) is 36.8. The number of nitrogens with one attached hydrogen (secondary N) is 1. The second kappa shape index (κ2) is 9.80. The van der Waals surface area contributed by atoms with Gasteiger partial charge in [0.1, 0.15) is 6.61 Å². The predicted octanol–water partition coefficient (Wildman–Crippen LogP) is 4.65. The largest absolute Gasteiger partial charge is 0.457 e. The molecule has 1 amide bonds. The van der Waals surface area contributed by atoms with Crippen LogP contribution in [0, 0.1) is 11.8 Å². The minimum Gasteiger partial charge on any atom is -0.457 e. The molecule has 4 rings (SSSR count). The summed E-state index contributed by atoms with van der Waals surface area (Å²) in [6.07, 6.45) is 0.0287. The van der Waals surface area contributed by atoms with Crippen molar-refractivity contribution in [3.05, 3.63) is 101 Å². The minimum absolute atomic E-state index is 0.0287. The predicted molar refractivity (Wildman–Crippen MR) is 137 cm³/mol. The first-order valence-electron chi connectivity index (χ1n) is 11.6. The first-order chi connectivity index (χ1) is 17.1. The Morgan fingerprint density at radius 1 is 1.03 bits per heavy atom. The standard InChI is InChI=1S/C30H27NO5/c1-20(32)22-11-9-21(10-12-22)15-16-30(35,19-29(2,3)24-7-5-4-6-8-24)28(34)31-25-13-14-26-23(17-25)18-36-27(26)33/h4-14,17,35H,18-19H2,1-3H3,(H,31,34). The van der Waals surface area contributed by atoms with Gasteiger partial charge in [0.05, 0.1) is 5.56 Å². The Balaban J connectivity index is 1.66. The second-order valence-corrected chi connectivity index (χ2v) is 9.57. The zero-order chi connectivity index (χ0) is 25.9. The van der Waals surface area contributed by atoms with Crippen LogP contribution in [0.1, 0.15) is 64.6 Å². The Morgan fingerprint density at radius 2 is 1.72 bits per heavy atom. The van der Waals surface area contributed by atoms with Crippen LogP contribution in [0.4, 0.5) is 5.69 Å². The number of amides is 1. The van der Waals surface area contributed by atoms with E-state index >= 15 is 0 Å². The van der Waals surface area contributed by atoms with Crippen LogP contribution in [0.3, 0.4) is 0 Å². The molecule has 1 unspecified atom stereocenters. The molecule has 182 valence electrons. The molecule has 1 heterocycles. The Hall–Kier alpha value is -4.21. The number of carbonyl (C=O) groups is 3. The summed E-state index contributed by atoms with van der Waals surface area (Å²) in [7, 11) is 0. The van der Waals surface area contributed by atoms with Crippen LogP contribution in [-0.4, -0.2) is 28.4 Å². The van der Waals surface area contributed by atoms with Crippen LogP contribution in [0.15, 0.2) is 72.8 Å². The number of anilines is 1. The van der Waals surface area contributed by atoms with Crippen molar-refractivity contribution in [1.29, 1.82) is 0 Å². The maximum Gasteiger partial charge on any atom is 0.338 e. The normalized spacial score (nSPS) is 14.1. The van der Waals surface area contributed by atoms with Crippen molar-refractivity contribution in [3.63, 3.8) is 0 Å². The third kappa shape index (κ3) is 5.37. The van der Waals surface area contributed by atoms with Crippen LogP contribution >= 0.6 is 0 Å². The van der Waals surface area contributed by atoms with Gasteiger partial charge in [-0.25, -0.2) is 4.79 Å². The first-order valence-corrected chi connectivity index (χ1v) is 11.6. The van der Waals surface area contributed by atoms with E-state index in [-0.39, 0.29) is 18.8 Å². The number of esters is 1. The molecule has 0 aliphatic carbocycles. The number of ether oxygens (including phenoxy) is 1. The Bertz CT molecular complexity index is 1380. The molecule has 0 spiro atoms. The van der Waals surface area contributed by atoms with Gasteiger partial charge in [0.25, 0.3) is 5.91 Å². The van der Waals surface area contributed by atoms with Crippen molar-refractivity contribution in [2.24, 2.45) is 0 Å². The van der Waals surface area contributed by atoms with Gasteiger partial charge >= 0.3 is 5.97 Å². The first kappa shape index (κ1) is 24.9. The maximum absolute atomic E-state index is 13.5. The fourth-order valence-corrected chi connectivity index (χ4v) is 4.22. The number of rotatable bonds is 6. The van der Waals surface area contributed by atoms with Crippen molar-refractivity contribution in [2.75, 3.05) is 5.32 Å². The molecule has 2 N–H and O–H groups in total. The van der Waals surface area contributed by atoms with Crippen LogP contribution in [0.5, 0.6) is 0 Å². The van der Waals surface area contributed by atoms with E-state index in [9.17, 15) is 19.5 Å². The monoisotopic (exact) mass is 481 g/mol. The Morgan fingerprint density at radius 3 is 2.39 bits per heavy atom. The topological polar surface area (TPSA) is 92.7 Å². The summed E-state index contributed by atoms with van der Waals surface area (Å²) >= 11 is 0. The fraction of sp³-hybridized carbons (Fsp3) is 0.233. The molecular formula is C30H27NO5. The fourth-order valence-electron chi connectivity index (χ4n) is 4.22. The number of fused-ring (bicyclic) bond motifs is 1. The van der Waals surface area contributed by atoms with Gasteiger partial charge in [-0.05, 0) is 48.2 Å². The summed E-state index contributed by atoms with van der Waals surface area (Å²) < 4.78 is 5.03. The summed E-state index contributed by atoms with van der Waals surface area (Å²) in [5.74, 6) is 4.57. The highest BCUT2D eigenvalue weighted by atomic mass is 16.5. The molecule has 0 bridgehead atoms. The molecule has 3 aromatic carbocycles. The van der Waals surface area contributed by atoms with Crippen molar-refractivity contribution < 1.29 is 24.2 Å². The molecule has 0 saturated heterocycles. The van der Waals surface area contributed by atoms with Gasteiger partial charge in [0.15, 0.2) is 5.78 Å². The summed E-state index contributed by atoms with van der Waals surface area (Å²) in [6.45, 7) is 5.51. The molecule has 6 nitrogen and oxygen atoms in total. The quantitative estimate of drug-likeness (QED) is 0.304. The summed E-state index contributed by atoms with van der Waals surface area (Å²) in [5.41, 5.74) is 1.01. The zero-order valence-corrected chi connectivity index (χ0v) is 20.4. The highest BCUT2D eigenvalue weighted by Gasteiger charge is 2.41. The molecule has 0 fully saturated rings. The van der Waals surface area contributed by atoms with Gasteiger partial charge in [0.2, 0.25) is 5.60 Å². The summed E-state index contributed by atoms with van der Waals surface area (Å²) in [5, 5.41) is 14.4. The number of Topliss-reactive ketones (excluding diaryl/α,β-unsaturated/α-hetero) is 1. The smallest absolute Gasteiger partial charge is 0.338 e. The molecule has 6 heteroatoms. The van der Waals surface area contributed by atoms with Crippen LogP contribution < -0.4 is 5.32 Å². The lowest BCUT2D eigenvalue weighted by Crippen LogP contribution is -2.46. The van der Waals surface area contributed by atoms with Crippen LogP contribution in [-0.2, 0) is 21.6 Å². The number of hydrogen-bond acceptors (Lipinski definition) is 5. The van der Waals surface area contributed by atoms with E-state index in [1.54, 1.807) is 42.5 Å². The molecule has 1 aliphatic rings. The number of cyclic esters (lactones) is 1. The van der Waals surface area contributed by atoms with Crippen LogP contribution in [0.25, 0.3) is 0 Å². The Labute approximate surface area is 210 Å². The lowest BCUT2D eigenvalue weighted by molar-refractivity contribution is -0.130. The van der Waals surface area contributed by atoms with E-state index < -0.39 is 22.9 Å². The third-order valence-electron chi connectivity index (χ3n) is 6.28. The van der Waals surface area contributed by atoms with Gasteiger partial charge in [-0.2, -0.15) is 0 Å². The average molecular weight is 482 g/mol. The molecular weight excluding hydrogens is 454 g/mol. The molecule has 0 saturated carbocycles. The van der Waals surface area contributed by atoms with E-state index in [0.717, 1.165) is 5.56 Å². The van der Waals surface area contributed by atoms with E-state index in [1.165, 1.54) is 6.92 Å². The van der Waals surface area contributed by atoms with Crippen molar-refractivity contribution in [3.8, 4) is 11.8 Å². The van der Waals surface area contributed by atoms with Crippen LogP contribution in [0.2, 0.25) is 0 Å². The summed E-state index contributed by atoms with van der Waals surface area (Å²) in [6, 6.07) is 21.2. The molecule has 0 aromatic heterocycles. The lowest BCUT2D eigenvalue weighted by atomic mass is 9.75. The Kier molecular flexibility index (Phi) is 6.78. The molecule has 36 heavy (non-hydrogen) atoms. The lowest BCUT2D eigenvalue weighted by Gasteiger charge is -2.32. The van der Waals surface area contributed by atoms with E-state index in [1.807, 2.05) is 44.2 Å². The van der Waals surface area contributed by atoms with E-state index in [4.69, 9.17) is 4.74 Å². The van der Waals surface area contributed by atoms with Gasteiger partial charge in [-0.1, -0.05) is 68.2 Å². The number of aliphatic hydroxyl groups is 1. The van der Waals surface area contributed by atoms with E-state index in [2.05, 4.69) is 17.2 Å².